The van der Waals surface area contributed by atoms with Crippen LogP contribution in [0.4, 0.5) is 5.82 Å². The van der Waals surface area contributed by atoms with Gasteiger partial charge in [0.15, 0.2) is 9.90 Å². The first-order valence-electron chi connectivity index (χ1n) is 5.40. The molecule has 0 N–H and O–H groups in total. The van der Waals surface area contributed by atoms with Crippen molar-refractivity contribution in [2.75, 3.05) is 18.5 Å². The van der Waals surface area contributed by atoms with Crippen LogP contribution in [0.3, 0.4) is 0 Å². The van der Waals surface area contributed by atoms with E-state index in [1.165, 1.54) is 25.9 Å². The van der Waals surface area contributed by atoms with Gasteiger partial charge in [-0.05, 0) is 12.1 Å². The van der Waals surface area contributed by atoms with E-state index in [-0.39, 0.29) is 15.7 Å². The van der Waals surface area contributed by atoms with Gasteiger partial charge in [0.25, 0.3) is 10.0 Å². The Labute approximate surface area is 119 Å². The van der Waals surface area contributed by atoms with Gasteiger partial charge in [-0.15, -0.1) is 11.3 Å². The molecule has 2 aromatic rings. The zero-order chi connectivity index (χ0) is 14.8. The summed E-state index contributed by atoms with van der Waals surface area (Å²) in [6.45, 7) is 0. The number of anilines is 1. The molecule has 0 radical (unpaired) electrons. The van der Waals surface area contributed by atoms with E-state index in [4.69, 9.17) is 0 Å². The summed E-state index contributed by atoms with van der Waals surface area (Å²) >= 11 is 0.854. The Morgan fingerprint density at radius 3 is 2.70 bits per heavy atom. The molecule has 0 aromatic carbocycles. The maximum absolute atomic E-state index is 12.5. The SMILES string of the molecule is COC(=O)c1ncsc1S(=O)(=O)N(C)c1ccccn1. The number of pyridine rings is 1. The molecule has 0 fully saturated rings. The number of carbonyl (C=O) groups is 1. The van der Waals surface area contributed by atoms with Crippen LogP contribution in [0, 0.1) is 0 Å². The fraction of sp³-hybridized carbons (Fsp3) is 0.182. The second kappa shape index (κ2) is 5.55. The largest absolute Gasteiger partial charge is 0.464 e. The summed E-state index contributed by atoms with van der Waals surface area (Å²) in [5, 5.41) is 0. The van der Waals surface area contributed by atoms with Gasteiger partial charge >= 0.3 is 5.97 Å². The van der Waals surface area contributed by atoms with Gasteiger partial charge < -0.3 is 4.74 Å². The highest BCUT2D eigenvalue weighted by Crippen LogP contribution is 2.26. The van der Waals surface area contributed by atoms with Crippen molar-refractivity contribution >= 4 is 33.1 Å². The minimum absolute atomic E-state index is 0.169. The summed E-state index contributed by atoms with van der Waals surface area (Å²) in [5.74, 6) is -0.545. The average Bonchev–Trinajstić information content (AvgIpc) is 2.96. The van der Waals surface area contributed by atoms with Crippen LogP contribution < -0.4 is 4.31 Å². The lowest BCUT2D eigenvalue weighted by molar-refractivity contribution is 0.0590. The van der Waals surface area contributed by atoms with Crippen LogP contribution in [0.2, 0.25) is 0 Å². The van der Waals surface area contributed by atoms with Crippen molar-refractivity contribution in [1.82, 2.24) is 9.97 Å². The number of rotatable bonds is 4. The molecule has 2 heterocycles. The molecule has 7 nitrogen and oxygen atoms in total. The highest BCUT2D eigenvalue weighted by Gasteiger charge is 2.30. The molecule has 0 bridgehead atoms. The van der Waals surface area contributed by atoms with E-state index in [1.54, 1.807) is 18.2 Å². The number of ether oxygens (including phenoxy) is 1. The minimum atomic E-state index is -3.91. The van der Waals surface area contributed by atoms with Gasteiger partial charge in [0.2, 0.25) is 0 Å². The second-order valence-electron chi connectivity index (χ2n) is 3.64. The Balaban J connectivity index is 2.46. The standard InChI is InChI=1S/C11H11N3O4S2/c1-14(8-5-3-4-6-12-8)20(16,17)11-9(10(15)18-2)13-7-19-11/h3-7H,1-2H3. The van der Waals surface area contributed by atoms with Crippen LogP contribution in [0.25, 0.3) is 0 Å². The van der Waals surface area contributed by atoms with Crippen LogP contribution in [0.5, 0.6) is 0 Å². The van der Waals surface area contributed by atoms with Crippen molar-refractivity contribution in [3.05, 3.63) is 35.6 Å². The van der Waals surface area contributed by atoms with E-state index in [1.807, 2.05) is 0 Å². The molecule has 0 unspecified atom stereocenters. The quantitative estimate of drug-likeness (QED) is 0.787. The second-order valence-corrected chi connectivity index (χ2v) is 6.66. The predicted octanol–water partition coefficient (Wildman–Crippen LogP) is 1.15. The zero-order valence-corrected chi connectivity index (χ0v) is 12.3. The lowest BCUT2D eigenvalue weighted by Gasteiger charge is -2.17. The van der Waals surface area contributed by atoms with Gasteiger partial charge in [-0.2, -0.15) is 0 Å². The maximum atomic E-state index is 12.5. The summed E-state index contributed by atoms with van der Waals surface area (Å²) in [6, 6.07) is 4.90. The van der Waals surface area contributed by atoms with Gasteiger partial charge in [-0.1, -0.05) is 6.07 Å². The molecule has 0 aliphatic heterocycles. The van der Waals surface area contributed by atoms with Crippen molar-refractivity contribution < 1.29 is 17.9 Å². The molecule has 0 saturated heterocycles. The lowest BCUT2D eigenvalue weighted by Crippen LogP contribution is -2.28. The number of thiazole rings is 1. The number of hydrogen-bond donors (Lipinski definition) is 0. The van der Waals surface area contributed by atoms with E-state index in [0.29, 0.717) is 0 Å². The first-order valence-corrected chi connectivity index (χ1v) is 7.72. The summed E-state index contributed by atoms with van der Waals surface area (Å²) < 4.78 is 30.3. The molecule has 20 heavy (non-hydrogen) atoms. The molecule has 0 amide bonds. The summed E-state index contributed by atoms with van der Waals surface area (Å²) in [7, 11) is -1.38. The molecule has 0 spiro atoms. The van der Waals surface area contributed by atoms with Crippen molar-refractivity contribution in [3.8, 4) is 0 Å². The number of esters is 1. The Bertz CT molecular complexity index is 712. The first-order chi connectivity index (χ1) is 9.48. The monoisotopic (exact) mass is 313 g/mol. The summed E-state index contributed by atoms with van der Waals surface area (Å²) in [6.07, 6.45) is 1.48. The molecule has 0 saturated carbocycles. The van der Waals surface area contributed by atoms with Crippen LogP contribution in [0.1, 0.15) is 10.5 Å². The van der Waals surface area contributed by atoms with Crippen LogP contribution in [-0.2, 0) is 14.8 Å². The van der Waals surface area contributed by atoms with Gasteiger partial charge in [0, 0.05) is 13.2 Å². The Hall–Kier alpha value is -2.00. The third kappa shape index (κ3) is 2.49. The van der Waals surface area contributed by atoms with Crippen molar-refractivity contribution in [1.29, 1.82) is 0 Å². The predicted molar refractivity (Wildman–Crippen MR) is 73.3 cm³/mol. The Kier molecular flexibility index (Phi) is 4.00. The number of methoxy groups -OCH3 is 1. The Morgan fingerprint density at radius 2 is 2.10 bits per heavy atom. The van der Waals surface area contributed by atoms with E-state index in [0.717, 1.165) is 15.6 Å². The maximum Gasteiger partial charge on any atom is 0.358 e. The molecule has 0 aliphatic carbocycles. The van der Waals surface area contributed by atoms with Gasteiger partial charge in [-0.25, -0.2) is 23.2 Å². The number of hydrogen-bond acceptors (Lipinski definition) is 7. The fourth-order valence-electron chi connectivity index (χ4n) is 1.44. The van der Waals surface area contributed by atoms with Crippen LogP contribution >= 0.6 is 11.3 Å². The molecule has 106 valence electrons. The first kappa shape index (κ1) is 14.4. The van der Waals surface area contributed by atoms with Gasteiger partial charge in [0.1, 0.15) is 5.82 Å². The third-order valence-electron chi connectivity index (χ3n) is 2.48. The van der Waals surface area contributed by atoms with E-state index in [2.05, 4.69) is 14.7 Å². The number of aromatic nitrogens is 2. The van der Waals surface area contributed by atoms with Gasteiger partial charge in [0.05, 0.1) is 12.6 Å². The van der Waals surface area contributed by atoms with E-state index >= 15 is 0 Å². The van der Waals surface area contributed by atoms with Crippen LogP contribution in [-0.4, -0.2) is 38.5 Å². The Morgan fingerprint density at radius 1 is 1.35 bits per heavy atom. The molecule has 0 atom stereocenters. The summed E-state index contributed by atoms with van der Waals surface area (Å²) in [4.78, 5) is 19.2. The molecular formula is C11H11N3O4S2. The van der Waals surface area contributed by atoms with E-state index in [9.17, 15) is 13.2 Å². The number of sulfonamides is 1. The number of carbonyl (C=O) groups excluding carboxylic acids is 1. The average molecular weight is 313 g/mol. The van der Waals surface area contributed by atoms with Gasteiger partial charge in [-0.3, -0.25) is 4.31 Å². The highest BCUT2D eigenvalue weighted by molar-refractivity contribution is 7.94. The van der Waals surface area contributed by atoms with Crippen molar-refractivity contribution in [2.24, 2.45) is 0 Å². The minimum Gasteiger partial charge on any atom is -0.464 e. The summed E-state index contributed by atoms with van der Waals surface area (Å²) in [5.41, 5.74) is 1.06. The normalized spacial score (nSPS) is 11.1. The molecular weight excluding hydrogens is 302 g/mol. The molecule has 9 heteroatoms. The van der Waals surface area contributed by atoms with E-state index < -0.39 is 16.0 Å². The zero-order valence-electron chi connectivity index (χ0n) is 10.7. The molecule has 0 aliphatic rings. The lowest BCUT2D eigenvalue weighted by atomic mass is 10.5. The topological polar surface area (TPSA) is 89.5 Å². The van der Waals surface area contributed by atoms with Crippen molar-refractivity contribution in [3.63, 3.8) is 0 Å². The number of nitrogens with zero attached hydrogens (tertiary/aromatic N) is 3. The molecule has 2 aromatic heterocycles. The van der Waals surface area contributed by atoms with Crippen molar-refractivity contribution in [2.45, 2.75) is 4.21 Å². The highest BCUT2D eigenvalue weighted by atomic mass is 32.2. The molecule has 2 rings (SSSR count). The smallest absolute Gasteiger partial charge is 0.358 e. The van der Waals surface area contributed by atoms with Crippen LogP contribution in [0.15, 0.2) is 34.1 Å². The fourth-order valence-corrected chi connectivity index (χ4v) is 3.87. The third-order valence-corrected chi connectivity index (χ3v) is 5.59.